The van der Waals surface area contributed by atoms with Gasteiger partial charge in [0.05, 0.1) is 16.0 Å². The van der Waals surface area contributed by atoms with Crippen molar-refractivity contribution in [1.29, 1.82) is 0 Å². The Balaban J connectivity index is 2.14. The van der Waals surface area contributed by atoms with E-state index in [4.69, 9.17) is 0 Å². The summed E-state index contributed by atoms with van der Waals surface area (Å²) in [6.07, 6.45) is 1.75. The Kier molecular flexibility index (Phi) is 4.33. The maximum atomic E-state index is 13.4. The first-order chi connectivity index (χ1) is 13.1. The number of hydrogen-bond donors (Lipinski definition) is 0. The molecule has 0 saturated carbocycles. The van der Waals surface area contributed by atoms with Gasteiger partial charge in [0.2, 0.25) is 5.78 Å². The average molecular weight is 421 g/mol. The van der Waals surface area contributed by atoms with E-state index in [0.29, 0.717) is 26.7 Å². The van der Waals surface area contributed by atoms with Gasteiger partial charge in [0.15, 0.2) is 0 Å². The third-order valence-electron chi connectivity index (χ3n) is 4.39. The normalized spacial score (nSPS) is 10.9. The molecule has 132 valence electrons. The molecule has 4 rings (SSSR count). The summed E-state index contributed by atoms with van der Waals surface area (Å²) < 4.78 is 2.39. The van der Waals surface area contributed by atoms with Crippen LogP contribution in [-0.4, -0.2) is 15.1 Å². The highest BCUT2D eigenvalue weighted by Crippen LogP contribution is 2.39. The zero-order valence-corrected chi connectivity index (χ0v) is 15.6. The van der Waals surface area contributed by atoms with Gasteiger partial charge in [-0.05, 0) is 18.2 Å². The molecule has 2 aromatic carbocycles. The van der Waals surface area contributed by atoms with Gasteiger partial charge in [-0.1, -0.05) is 64.5 Å². The van der Waals surface area contributed by atoms with Gasteiger partial charge in [-0.2, -0.15) is 0 Å². The van der Waals surface area contributed by atoms with Crippen molar-refractivity contribution in [2.45, 2.75) is 0 Å². The molecule has 0 saturated heterocycles. The lowest BCUT2D eigenvalue weighted by Crippen LogP contribution is -2.11. The quantitative estimate of drug-likeness (QED) is 0.248. The van der Waals surface area contributed by atoms with Gasteiger partial charge < -0.3 is 4.40 Å². The number of carbonyl (C=O) groups excluding carboxylic acids is 1. The Bertz CT molecular complexity index is 1180. The van der Waals surface area contributed by atoms with Crippen LogP contribution in [0.3, 0.4) is 0 Å². The lowest BCUT2D eigenvalue weighted by atomic mass is 9.96. The Morgan fingerprint density at radius 1 is 0.963 bits per heavy atom. The summed E-state index contributed by atoms with van der Waals surface area (Å²) in [6.45, 7) is 0. The summed E-state index contributed by atoms with van der Waals surface area (Å²) in [5, 5.41) is 11.9. The van der Waals surface area contributed by atoms with Crippen LogP contribution in [0.2, 0.25) is 0 Å². The Morgan fingerprint density at radius 3 is 2.37 bits per heavy atom. The molecule has 0 spiro atoms. The van der Waals surface area contributed by atoms with Crippen LogP contribution in [0.1, 0.15) is 16.1 Å². The van der Waals surface area contributed by atoms with Crippen LogP contribution in [-0.2, 0) is 0 Å². The summed E-state index contributed by atoms with van der Waals surface area (Å²) in [6, 6.07) is 21.0. The van der Waals surface area contributed by atoms with E-state index in [1.54, 1.807) is 65.2 Å². The topological polar surface area (TPSA) is 64.6 Å². The van der Waals surface area contributed by atoms with E-state index in [2.05, 4.69) is 15.9 Å². The molecule has 27 heavy (non-hydrogen) atoms. The number of pyridine rings is 1. The van der Waals surface area contributed by atoms with Crippen molar-refractivity contribution in [1.82, 2.24) is 4.40 Å². The fourth-order valence-corrected chi connectivity index (χ4v) is 3.68. The van der Waals surface area contributed by atoms with Gasteiger partial charge in [-0.3, -0.25) is 14.9 Å². The lowest BCUT2D eigenvalue weighted by molar-refractivity contribution is -0.384. The molecular weight excluding hydrogens is 408 g/mol. The van der Waals surface area contributed by atoms with Crippen LogP contribution in [0.4, 0.5) is 5.69 Å². The van der Waals surface area contributed by atoms with Gasteiger partial charge >= 0.3 is 0 Å². The minimum atomic E-state index is -0.441. The van der Waals surface area contributed by atoms with E-state index < -0.39 is 4.92 Å². The fraction of sp³-hybridized carbons (Fsp3) is 0. The first-order valence-corrected chi connectivity index (χ1v) is 9.00. The van der Waals surface area contributed by atoms with Crippen LogP contribution in [0.25, 0.3) is 16.6 Å². The van der Waals surface area contributed by atoms with Crippen LogP contribution in [0.15, 0.2) is 83.5 Å². The largest absolute Gasteiger partial charge is 0.313 e. The molecule has 0 atom stereocenters. The SMILES string of the molecule is O=C(c1ccccc1)c1c(-c2ccccc2Br)c([N+](=O)[O-])cc2cccn12. The van der Waals surface area contributed by atoms with E-state index in [0.717, 1.165) is 0 Å². The van der Waals surface area contributed by atoms with Crippen LogP contribution < -0.4 is 0 Å². The predicted molar refractivity (Wildman–Crippen MR) is 107 cm³/mol. The van der Waals surface area contributed by atoms with Gasteiger partial charge in [0.25, 0.3) is 5.69 Å². The number of fused-ring (bicyclic) bond motifs is 1. The standard InChI is InChI=1S/C21H13BrN2O3/c22-17-11-5-4-10-16(17)19-18(24(26)27)13-15-9-6-12-23(15)20(19)21(25)14-7-2-1-3-8-14/h1-13H. The number of nitrogens with zero attached hydrogens (tertiary/aromatic N) is 2. The number of nitro groups is 1. The van der Waals surface area contributed by atoms with E-state index in [-0.39, 0.29) is 17.2 Å². The summed E-state index contributed by atoms with van der Waals surface area (Å²) in [7, 11) is 0. The highest BCUT2D eigenvalue weighted by Gasteiger charge is 2.28. The predicted octanol–water partition coefficient (Wildman–Crippen LogP) is 5.51. The number of carbonyl (C=O) groups is 1. The van der Waals surface area contributed by atoms with E-state index >= 15 is 0 Å². The average Bonchev–Trinajstić information content (AvgIpc) is 3.15. The van der Waals surface area contributed by atoms with Crippen molar-refractivity contribution in [2.24, 2.45) is 0 Å². The summed E-state index contributed by atoms with van der Waals surface area (Å²) in [5.41, 5.74) is 2.12. The second kappa shape index (κ2) is 6.81. The molecule has 4 aromatic rings. The van der Waals surface area contributed by atoms with Crippen LogP contribution >= 0.6 is 15.9 Å². The molecule has 0 bridgehead atoms. The van der Waals surface area contributed by atoms with Crippen molar-refractivity contribution in [3.05, 3.63) is 105 Å². The molecule has 0 aliphatic rings. The van der Waals surface area contributed by atoms with Crippen molar-refractivity contribution >= 4 is 32.9 Å². The van der Waals surface area contributed by atoms with Crippen molar-refractivity contribution in [2.75, 3.05) is 0 Å². The highest BCUT2D eigenvalue weighted by atomic mass is 79.9. The van der Waals surface area contributed by atoms with Crippen LogP contribution in [0.5, 0.6) is 0 Å². The number of halogens is 1. The van der Waals surface area contributed by atoms with E-state index in [1.807, 2.05) is 12.1 Å². The molecule has 0 fully saturated rings. The summed E-state index contributed by atoms with van der Waals surface area (Å²) in [5.74, 6) is -0.272. The minimum Gasteiger partial charge on any atom is -0.313 e. The first-order valence-electron chi connectivity index (χ1n) is 8.21. The van der Waals surface area contributed by atoms with Crippen molar-refractivity contribution in [3.8, 4) is 11.1 Å². The maximum absolute atomic E-state index is 13.4. The zero-order valence-electron chi connectivity index (χ0n) is 14.0. The highest BCUT2D eigenvalue weighted by molar-refractivity contribution is 9.10. The van der Waals surface area contributed by atoms with Crippen LogP contribution in [0, 0.1) is 10.1 Å². The lowest BCUT2D eigenvalue weighted by Gasteiger charge is -2.14. The number of rotatable bonds is 4. The number of benzene rings is 2. The Labute approximate surface area is 163 Å². The molecule has 0 N–H and O–H groups in total. The molecule has 0 aliphatic carbocycles. The molecule has 0 unspecified atom stereocenters. The summed E-state index contributed by atoms with van der Waals surface area (Å²) in [4.78, 5) is 24.8. The molecule has 5 nitrogen and oxygen atoms in total. The molecular formula is C21H13BrN2O3. The zero-order chi connectivity index (χ0) is 19.0. The number of hydrogen-bond acceptors (Lipinski definition) is 3. The van der Waals surface area contributed by atoms with Gasteiger partial charge in [-0.15, -0.1) is 0 Å². The third kappa shape index (κ3) is 2.94. The summed E-state index contributed by atoms with van der Waals surface area (Å²) >= 11 is 3.47. The molecule has 0 amide bonds. The molecule has 2 heterocycles. The monoisotopic (exact) mass is 420 g/mol. The maximum Gasteiger partial charge on any atom is 0.281 e. The van der Waals surface area contributed by atoms with Crippen molar-refractivity contribution in [3.63, 3.8) is 0 Å². The van der Waals surface area contributed by atoms with E-state index in [9.17, 15) is 14.9 Å². The number of ketones is 1. The fourth-order valence-electron chi connectivity index (χ4n) is 3.19. The van der Waals surface area contributed by atoms with Gasteiger partial charge in [-0.25, -0.2) is 0 Å². The van der Waals surface area contributed by atoms with Gasteiger partial charge in [0.1, 0.15) is 5.69 Å². The second-order valence-corrected chi connectivity index (χ2v) is 6.84. The smallest absolute Gasteiger partial charge is 0.281 e. The van der Waals surface area contributed by atoms with Crippen molar-refractivity contribution < 1.29 is 9.72 Å². The Hall–Kier alpha value is -3.25. The molecule has 2 aromatic heterocycles. The van der Waals surface area contributed by atoms with Gasteiger partial charge in [0, 0.05) is 27.9 Å². The third-order valence-corrected chi connectivity index (χ3v) is 5.08. The number of aromatic nitrogens is 1. The molecule has 0 radical (unpaired) electrons. The van der Waals surface area contributed by atoms with E-state index in [1.165, 1.54) is 6.07 Å². The molecule has 0 aliphatic heterocycles. The second-order valence-electron chi connectivity index (χ2n) is 5.99. The first kappa shape index (κ1) is 17.2. The molecule has 6 heteroatoms. The Morgan fingerprint density at radius 2 is 1.67 bits per heavy atom. The minimum absolute atomic E-state index is 0.104.